The number of rotatable bonds is 3. The number of aromatic amines is 1. The van der Waals surface area contributed by atoms with E-state index >= 15 is 0 Å². The fraction of sp³-hybridized carbons (Fsp3) is 0. The van der Waals surface area contributed by atoms with E-state index in [1.54, 1.807) is 11.8 Å². The molecule has 0 bridgehead atoms. The van der Waals surface area contributed by atoms with Crippen LogP contribution in [0.5, 0.6) is 5.88 Å². The normalized spacial score (nSPS) is 11.3. The van der Waals surface area contributed by atoms with Crippen molar-refractivity contribution in [2.45, 2.75) is 9.79 Å². The zero-order valence-corrected chi connectivity index (χ0v) is 14.9. The number of thiocarbonyl (C=S) groups is 1. The molecule has 1 heterocycles. The van der Waals surface area contributed by atoms with E-state index in [1.165, 1.54) is 0 Å². The van der Waals surface area contributed by atoms with E-state index in [0.717, 1.165) is 25.2 Å². The Kier molecular flexibility index (Phi) is 4.65. The van der Waals surface area contributed by atoms with Crippen LogP contribution in [0.15, 0.2) is 67.0 Å². The van der Waals surface area contributed by atoms with Crippen LogP contribution in [0.2, 0.25) is 0 Å². The highest BCUT2D eigenvalue weighted by atomic mass is 79.9. The van der Waals surface area contributed by atoms with Crippen LogP contribution in [0.4, 0.5) is 5.69 Å². The zero-order chi connectivity index (χ0) is 16.4. The minimum Gasteiger partial charge on any atom is -0.493 e. The Hall–Kier alpha value is -1.90. The maximum Gasteiger partial charge on any atom is 0.218 e. The fourth-order valence-corrected chi connectivity index (χ4v) is 3.38. The van der Waals surface area contributed by atoms with Crippen LogP contribution in [0.3, 0.4) is 0 Å². The third-order valence-electron chi connectivity index (χ3n) is 3.03. The largest absolute Gasteiger partial charge is 0.493 e. The zero-order valence-electron chi connectivity index (χ0n) is 11.7. The molecular formula is C15H11BrN4OS2. The molecule has 0 radical (unpaired) electrons. The van der Waals surface area contributed by atoms with Crippen molar-refractivity contribution in [3.8, 4) is 5.88 Å². The highest BCUT2D eigenvalue weighted by molar-refractivity contribution is 9.10. The second-order valence-corrected chi connectivity index (χ2v) is 7.04. The number of hydrogen-bond donors (Lipinski definition) is 3. The molecule has 2 aromatic carbocycles. The van der Waals surface area contributed by atoms with Gasteiger partial charge in [-0.3, -0.25) is 0 Å². The minimum absolute atomic E-state index is 0.0659. The second kappa shape index (κ2) is 6.69. The van der Waals surface area contributed by atoms with Crippen molar-refractivity contribution in [3.63, 3.8) is 0 Å². The van der Waals surface area contributed by atoms with Gasteiger partial charge >= 0.3 is 0 Å². The lowest BCUT2D eigenvalue weighted by Crippen LogP contribution is -2.01. The maximum absolute atomic E-state index is 10.1. The van der Waals surface area contributed by atoms with Crippen molar-refractivity contribution < 1.29 is 5.11 Å². The maximum atomic E-state index is 10.1. The first-order valence-electron chi connectivity index (χ1n) is 6.53. The Morgan fingerprint density at radius 1 is 1.22 bits per heavy atom. The number of hydrogen-bond acceptors (Lipinski definition) is 4. The van der Waals surface area contributed by atoms with Crippen LogP contribution in [-0.4, -0.2) is 15.2 Å². The Bertz CT molecular complexity index is 906. The van der Waals surface area contributed by atoms with E-state index in [-0.39, 0.29) is 11.0 Å². The summed E-state index contributed by atoms with van der Waals surface area (Å²) in [5.74, 6) is -0.0659. The highest BCUT2D eigenvalue weighted by Gasteiger charge is 2.15. The topological polar surface area (TPSA) is 86.8 Å². The van der Waals surface area contributed by atoms with Crippen LogP contribution < -0.4 is 5.73 Å². The van der Waals surface area contributed by atoms with Gasteiger partial charge < -0.3 is 15.8 Å². The summed E-state index contributed by atoms with van der Waals surface area (Å²) in [4.78, 5) is 4.89. The van der Waals surface area contributed by atoms with Gasteiger partial charge in [-0.25, -0.2) is 0 Å². The van der Waals surface area contributed by atoms with Gasteiger partial charge in [-0.15, -0.1) is 10.2 Å². The van der Waals surface area contributed by atoms with E-state index in [1.807, 2.05) is 42.5 Å². The van der Waals surface area contributed by atoms with Gasteiger partial charge in [0.05, 0.1) is 5.52 Å². The molecule has 5 nitrogen and oxygen atoms in total. The predicted octanol–water partition coefficient (Wildman–Crippen LogP) is 5.11. The van der Waals surface area contributed by atoms with Crippen LogP contribution in [0.1, 0.15) is 0 Å². The summed E-state index contributed by atoms with van der Waals surface area (Å²) in [5, 5.41) is 18.4. The van der Waals surface area contributed by atoms with Gasteiger partial charge in [0.25, 0.3) is 0 Å². The Labute approximate surface area is 150 Å². The van der Waals surface area contributed by atoms with Crippen molar-refractivity contribution in [2.75, 3.05) is 0 Å². The minimum atomic E-state index is -0.0863. The number of aromatic hydroxyl groups is 1. The summed E-state index contributed by atoms with van der Waals surface area (Å²) in [6.07, 6.45) is 0. The van der Waals surface area contributed by atoms with E-state index < -0.39 is 0 Å². The number of fused-ring (bicyclic) bond motifs is 1. The molecule has 0 amide bonds. The van der Waals surface area contributed by atoms with E-state index in [4.69, 9.17) is 18.0 Å². The van der Waals surface area contributed by atoms with Gasteiger partial charge in [0.15, 0.2) is 5.69 Å². The Morgan fingerprint density at radius 3 is 2.65 bits per heavy atom. The van der Waals surface area contributed by atoms with Crippen molar-refractivity contribution >= 4 is 61.6 Å². The lowest BCUT2D eigenvalue weighted by molar-refractivity contribution is 0.459. The summed E-state index contributed by atoms with van der Waals surface area (Å²) in [5.41, 5.74) is 6.44. The number of halogens is 1. The quantitative estimate of drug-likeness (QED) is 0.416. The molecule has 0 fully saturated rings. The van der Waals surface area contributed by atoms with Gasteiger partial charge in [0.1, 0.15) is 0 Å². The van der Waals surface area contributed by atoms with Gasteiger partial charge in [0, 0.05) is 19.6 Å². The van der Waals surface area contributed by atoms with Gasteiger partial charge in [-0.1, -0.05) is 33.8 Å². The Balaban J connectivity index is 2.09. The van der Waals surface area contributed by atoms with E-state index in [2.05, 4.69) is 31.1 Å². The number of nitrogens with two attached hydrogens (primary N) is 1. The standard InChI is InChI=1S/C15H11BrN4OS2/c16-8-4-6-9(7-5-8)23-11-3-1-2-10-12(11)13(14(21)18-10)19-20-15(17)22/h1-7,18,21H,(H2,17,22). The molecule has 1 aromatic heterocycles. The number of benzene rings is 2. The predicted molar refractivity (Wildman–Crippen MR) is 99.5 cm³/mol. The molecule has 0 aliphatic rings. The summed E-state index contributed by atoms with van der Waals surface area (Å²) < 4.78 is 1.02. The first-order valence-corrected chi connectivity index (χ1v) is 8.54. The van der Waals surface area contributed by atoms with Crippen LogP contribution >= 0.6 is 39.9 Å². The molecule has 0 saturated heterocycles. The van der Waals surface area contributed by atoms with E-state index in [9.17, 15) is 5.11 Å². The summed E-state index contributed by atoms with van der Waals surface area (Å²) in [7, 11) is 0. The first kappa shape index (κ1) is 16.0. The van der Waals surface area contributed by atoms with Crippen molar-refractivity contribution in [2.24, 2.45) is 16.0 Å². The van der Waals surface area contributed by atoms with Crippen LogP contribution in [-0.2, 0) is 0 Å². The van der Waals surface area contributed by atoms with Crippen molar-refractivity contribution in [1.82, 2.24) is 4.98 Å². The van der Waals surface area contributed by atoms with Crippen LogP contribution in [0.25, 0.3) is 10.9 Å². The molecule has 0 spiro atoms. The Morgan fingerprint density at radius 2 is 1.96 bits per heavy atom. The number of nitrogens with zero attached hydrogens (tertiary/aromatic N) is 2. The molecule has 0 atom stereocenters. The molecule has 4 N–H and O–H groups in total. The third-order valence-corrected chi connectivity index (χ3v) is 4.71. The number of azo groups is 1. The summed E-state index contributed by atoms with van der Waals surface area (Å²) in [6, 6.07) is 13.7. The molecule has 0 saturated carbocycles. The lowest BCUT2D eigenvalue weighted by atomic mass is 10.2. The number of H-pyrrole nitrogens is 1. The summed E-state index contributed by atoms with van der Waals surface area (Å²) >= 11 is 9.69. The molecule has 3 aromatic rings. The average Bonchev–Trinajstić information content (AvgIpc) is 2.84. The smallest absolute Gasteiger partial charge is 0.218 e. The highest BCUT2D eigenvalue weighted by Crippen LogP contribution is 2.43. The number of nitrogens with one attached hydrogen (secondary N) is 1. The van der Waals surface area contributed by atoms with Crippen LogP contribution in [0, 0.1) is 0 Å². The van der Waals surface area contributed by atoms with E-state index in [0.29, 0.717) is 5.69 Å². The second-order valence-electron chi connectivity index (χ2n) is 4.60. The average molecular weight is 407 g/mol. The number of aromatic nitrogens is 1. The van der Waals surface area contributed by atoms with Crippen molar-refractivity contribution in [3.05, 3.63) is 46.9 Å². The third kappa shape index (κ3) is 3.54. The molecule has 23 heavy (non-hydrogen) atoms. The first-order chi connectivity index (χ1) is 11.0. The molecule has 0 aliphatic heterocycles. The van der Waals surface area contributed by atoms with Crippen molar-refractivity contribution in [1.29, 1.82) is 0 Å². The SMILES string of the molecule is NC(=S)N=Nc1c(O)[nH]c2cccc(Sc3ccc(Br)cc3)c12. The lowest BCUT2D eigenvalue weighted by Gasteiger charge is -2.04. The molecule has 0 unspecified atom stereocenters. The van der Waals surface area contributed by atoms with Gasteiger partial charge in [0.2, 0.25) is 11.0 Å². The fourth-order valence-electron chi connectivity index (χ4n) is 2.10. The summed E-state index contributed by atoms with van der Waals surface area (Å²) in [6.45, 7) is 0. The molecule has 8 heteroatoms. The molecule has 3 rings (SSSR count). The van der Waals surface area contributed by atoms with Gasteiger partial charge in [-0.05, 0) is 48.6 Å². The monoisotopic (exact) mass is 406 g/mol. The molecule has 116 valence electrons. The van der Waals surface area contributed by atoms with Gasteiger partial charge in [-0.2, -0.15) is 0 Å². The molecular weight excluding hydrogens is 396 g/mol. The molecule has 0 aliphatic carbocycles.